The van der Waals surface area contributed by atoms with Crippen LogP contribution in [0.3, 0.4) is 0 Å². The molecule has 58 valence electrons. The first-order valence-electron chi connectivity index (χ1n) is 3.98. The zero-order chi connectivity index (χ0) is 8.97. The van der Waals surface area contributed by atoms with Gasteiger partial charge in [-0.1, -0.05) is 0 Å². The molecule has 3 heteroatoms. The minimum absolute atomic E-state index is 1.02. The van der Waals surface area contributed by atoms with Gasteiger partial charge in [-0.25, -0.2) is 0 Å². The second-order valence-corrected chi connectivity index (χ2v) is 2.67. The van der Waals surface area contributed by atoms with Crippen LogP contribution in [0.25, 0.3) is 0 Å². The summed E-state index contributed by atoms with van der Waals surface area (Å²) in [7, 11) is 3.81. The van der Waals surface area contributed by atoms with Gasteiger partial charge < -0.3 is 0 Å². The molecule has 0 fully saturated rings. The number of aliphatic imine (C=N–C) groups is 1. The second kappa shape index (κ2) is 4.35. The van der Waals surface area contributed by atoms with Crippen LogP contribution in [0, 0.1) is 0 Å². The van der Waals surface area contributed by atoms with Gasteiger partial charge in [0.15, 0.2) is 0 Å². The van der Waals surface area contributed by atoms with Crippen LogP contribution in [-0.4, -0.2) is 36.3 Å². The molecule has 1 aromatic carbocycles. The molecule has 0 spiro atoms. The Hall–Kier alpha value is -0.713. The average molecular weight is 154 g/mol. The monoisotopic (exact) mass is 154 g/mol. The first kappa shape index (κ1) is 9.38. The van der Waals surface area contributed by atoms with Crippen LogP contribution in [0.2, 0.25) is 0 Å². The van der Waals surface area contributed by atoms with E-state index >= 15 is 0 Å². The van der Waals surface area contributed by atoms with E-state index in [9.17, 15) is 0 Å². The summed E-state index contributed by atoms with van der Waals surface area (Å²) in [6.45, 7) is 0. The van der Waals surface area contributed by atoms with Crippen molar-refractivity contribution >= 4 is 27.9 Å². The molecule has 0 aliphatic rings. The Morgan fingerprint density at radius 3 is 2.42 bits per heavy atom. The van der Waals surface area contributed by atoms with E-state index in [0.717, 1.165) is 4.51 Å². The first-order chi connectivity index (χ1) is 5.75. The van der Waals surface area contributed by atoms with Crippen LogP contribution in [-0.2, 0) is 0 Å². The molecule has 0 saturated carbocycles. The van der Waals surface area contributed by atoms with Crippen molar-refractivity contribution in [2.45, 2.75) is 0 Å². The Kier molecular flexibility index (Phi) is 3.40. The third kappa shape index (κ3) is 2.13. The quantitative estimate of drug-likeness (QED) is 0.338. The number of rotatable bonds is 1. The summed E-state index contributed by atoms with van der Waals surface area (Å²) in [6.07, 6.45) is 0. The number of para-hydroxylation sites is 1. The van der Waals surface area contributed by atoms with Crippen molar-refractivity contribution in [1.82, 2.24) is 0 Å². The molecule has 0 amide bonds. The number of hydrogen-bond acceptors (Lipinski definition) is 1. The molecule has 1 rings (SSSR count). The van der Waals surface area contributed by atoms with E-state index in [1.54, 1.807) is 7.05 Å². The summed E-state index contributed by atoms with van der Waals surface area (Å²) in [5, 5.41) is 0. The van der Waals surface area contributed by atoms with Crippen LogP contribution < -0.4 is 4.90 Å². The van der Waals surface area contributed by atoms with Gasteiger partial charge in [0.05, 0.1) is 0 Å². The van der Waals surface area contributed by atoms with Crippen LogP contribution in [0.5, 0.6) is 0 Å². The third-order valence-electron chi connectivity index (χ3n) is 1.95. The summed E-state index contributed by atoms with van der Waals surface area (Å²) in [4.78, 5) is 6.16. The summed E-state index contributed by atoms with van der Waals surface area (Å²) < 4.78 is 1.02. The Morgan fingerprint density at radius 1 is 1.33 bits per heavy atom. The molecule has 0 N–H and O–H groups in total. The SMILES string of the molecule is [Li][C](=NC)N(C)c1ccccc1. The van der Waals surface area contributed by atoms with Gasteiger partial charge in [0.1, 0.15) is 0 Å². The van der Waals surface area contributed by atoms with Gasteiger partial charge in [-0.15, -0.1) is 0 Å². The maximum absolute atomic E-state index is 4.11. The van der Waals surface area contributed by atoms with Gasteiger partial charge in [0.25, 0.3) is 0 Å². The normalized spacial score (nSPS) is 11.5. The molecule has 2 nitrogen and oxygen atoms in total. The van der Waals surface area contributed by atoms with Gasteiger partial charge in [-0.05, 0) is 0 Å². The fourth-order valence-electron chi connectivity index (χ4n) is 0.988. The van der Waals surface area contributed by atoms with Crippen LogP contribution in [0.4, 0.5) is 5.69 Å². The van der Waals surface area contributed by atoms with E-state index in [4.69, 9.17) is 0 Å². The predicted molar refractivity (Wildman–Crippen MR) is 54.0 cm³/mol. The van der Waals surface area contributed by atoms with Crippen LogP contribution in [0.1, 0.15) is 0 Å². The number of anilines is 1. The van der Waals surface area contributed by atoms with Crippen molar-refractivity contribution in [3.63, 3.8) is 0 Å². The molecule has 0 aromatic heterocycles. The zero-order valence-electron chi connectivity index (χ0n) is 7.78. The summed E-state index contributed by atoms with van der Waals surface area (Å²) in [5.74, 6) is 0. The molecule has 0 heterocycles. The second-order valence-electron chi connectivity index (χ2n) is 2.67. The van der Waals surface area contributed by atoms with Crippen molar-refractivity contribution in [1.29, 1.82) is 0 Å². The van der Waals surface area contributed by atoms with Gasteiger partial charge in [0, 0.05) is 0 Å². The molecule has 1 aromatic rings. The van der Waals surface area contributed by atoms with Crippen LogP contribution >= 0.6 is 0 Å². The van der Waals surface area contributed by atoms with Gasteiger partial charge >= 0.3 is 82.2 Å². The minimum atomic E-state index is 1.02. The standard InChI is InChI=1S/C9H11N2.Li/c1-10-8-11(2)9-6-4-3-5-7-9;/h3-7H,1-2H3;. The Balaban J connectivity index is 2.86. The molecule has 0 aliphatic carbocycles. The Labute approximate surface area is 82.5 Å². The summed E-state index contributed by atoms with van der Waals surface area (Å²) in [5.41, 5.74) is 1.17. The summed E-state index contributed by atoms with van der Waals surface area (Å²) in [6, 6.07) is 10.2. The fraction of sp³-hybridized carbons (Fsp3) is 0.222. The van der Waals surface area contributed by atoms with Crippen molar-refractivity contribution < 1.29 is 0 Å². The number of hydrogen-bond donors (Lipinski definition) is 0. The zero-order valence-corrected chi connectivity index (χ0v) is 7.78. The van der Waals surface area contributed by atoms with Gasteiger partial charge in [-0.3, -0.25) is 0 Å². The Morgan fingerprint density at radius 2 is 1.92 bits per heavy atom. The van der Waals surface area contributed by atoms with E-state index in [1.165, 1.54) is 5.69 Å². The average Bonchev–Trinajstić information content (AvgIpc) is 2.17. The van der Waals surface area contributed by atoms with Crippen molar-refractivity contribution in [3.05, 3.63) is 30.3 Å². The topological polar surface area (TPSA) is 15.6 Å². The first-order valence-corrected chi connectivity index (χ1v) is 3.98. The number of amidine groups is 1. The molecule has 0 unspecified atom stereocenters. The third-order valence-corrected chi connectivity index (χ3v) is 1.95. The van der Waals surface area contributed by atoms with E-state index in [-0.39, 0.29) is 0 Å². The Bertz CT molecular complexity index is 269. The van der Waals surface area contributed by atoms with Gasteiger partial charge in [-0.2, -0.15) is 0 Å². The van der Waals surface area contributed by atoms with E-state index in [2.05, 4.69) is 22.0 Å². The molecule has 0 radical (unpaired) electrons. The molecular formula is C9H11LiN2. The van der Waals surface area contributed by atoms with Crippen LogP contribution in [0.15, 0.2) is 35.3 Å². The van der Waals surface area contributed by atoms with E-state index < -0.39 is 0 Å². The van der Waals surface area contributed by atoms with Crippen molar-refractivity contribution in [2.75, 3.05) is 19.0 Å². The fourth-order valence-corrected chi connectivity index (χ4v) is 0.988. The number of nitrogens with zero attached hydrogens (tertiary/aromatic N) is 2. The van der Waals surface area contributed by atoms with Crippen molar-refractivity contribution in [2.24, 2.45) is 4.99 Å². The number of benzene rings is 1. The molecule has 0 saturated heterocycles. The predicted octanol–water partition coefficient (Wildman–Crippen LogP) is 1.28. The molecule has 0 bridgehead atoms. The molecule has 0 aliphatic heterocycles. The summed E-state index contributed by atoms with van der Waals surface area (Å²) >= 11 is 1.99. The maximum atomic E-state index is 4.11. The van der Waals surface area contributed by atoms with E-state index in [1.807, 2.05) is 43.0 Å². The van der Waals surface area contributed by atoms with Gasteiger partial charge in [0.2, 0.25) is 0 Å². The van der Waals surface area contributed by atoms with Crippen molar-refractivity contribution in [3.8, 4) is 0 Å². The molecular weight excluding hydrogens is 143 g/mol. The molecule has 0 atom stereocenters. The van der Waals surface area contributed by atoms with E-state index in [0.29, 0.717) is 0 Å². The molecule has 12 heavy (non-hydrogen) atoms.